The smallest absolute Gasteiger partial charge is 0.338 e. The van der Waals surface area contributed by atoms with E-state index in [0.717, 1.165) is 17.2 Å². The van der Waals surface area contributed by atoms with E-state index in [-0.39, 0.29) is 24.9 Å². The first-order chi connectivity index (χ1) is 12.1. The van der Waals surface area contributed by atoms with E-state index in [4.69, 9.17) is 9.47 Å². The van der Waals surface area contributed by atoms with Crippen LogP contribution in [-0.2, 0) is 14.3 Å². The predicted molar refractivity (Wildman–Crippen MR) is 94.2 cm³/mol. The molecule has 0 aliphatic heterocycles. The summed E-state index contributed by atoms with van der Waals surface area (Å²) in [5, 5.41) is 9.31. The molecule has 1 N–H and O–H groups in total. The lowest BCUT2D eigenvalue weighted by Crippen LogP contribution is -2.08. The lowest BCUT2D eigenvalue weighted by Gasteiger charge is -2.06. The van der Waals surface area contributed by atoms with Crippen LogP contribution in [0.4, 0.5) is 0 Å². The molecule has 0 atom stereocenters. The molecule has 0 amide bonds. The van der Waals surface area contributed by atoms with Crippen LogP contribution in [-0.4, -0.2) is 30.3 Å². The Bertz CT molecular complexity index is 717. The van der Waals surface area contributed by atoms with E-state index in [1.165, 1.54) is 0 Å². The second-order valence-corrected chi connectivity index (χ2v) is 5.34. The standard InChI is InChI=1S/C20H20O5/c1-2-19(22)24-13-3-4-14-25-20(23)17-7-5-15(6-8-17)16-9-11-18(21)12-10-16/h2,5-12,21H,1,3-4,13-14H2. The van der Waals surface area contributed by atoms with Crippen molar-refractivity contribution in [2.45, 2.75) is 12.8 Å². The van der Waals surface area contributed by atoms with Crippen molar-refractivity contribution in [1.29, 1.82) is 0 Å². The Morgan fingerprint density at radius 2 is 1.40 bits per heavy atom. The van der Waals surface area contributed by atoms with Gasteiger partial charge in [-0.25, -0.2) is 9.59 Å². The van der Waals surface area contributed by atoms with Crippen molar-refractivity contribution < 1.29 is 24.2 Å². The van der Waals surface area contributed by atoms with Gasteiger partial charge < -0.3 is 14.6 Å². The van der Waals surface area contributed by atoms with E-state index in [1.54, 1.807) is 24.3 Å². The van der Waals surface area contributed by atoms with Gasteiger partial charge in [-0.3, -0.25) is 0 Å². The lowest BCUT2D eigenvalue weighted by atomic mass is 10.0. The topological polar surface area (TPSA) is 72.8 Å². The first kappa shape index (κ1) is 18.3. The molecule has 2 aromatic rings. The summed E-state index contributed by atoms with van der Waals surface area (Å²) in [4.78, 5) is 22.8. The highest BCUT2D eigenvalue weighted by molar-refractivity contribution is 5.90. The molecular formula is C20H20O5. The molecule has 5 heteroatoms. The number of phenols is 1. The molecule has 0 saturated heterocycles. The van der Waals surface area contributed by atoms with Crippen molar-refractivity contribution in [2.24, 2.45) is 0 Å². The van der Waals surface area contributed by atoms with E-state index in [2.05, 4.69) is 6.58 Å². The molecule has 25 heavy (non-hydrogen) atoms. The molecular weight excluding hydrogens is 320 g/mol. The minimum atomic E-state index is -0.453. The van der Waals surface area contributed by atoms with Gasteiger partial charge in [0.15, 0.2) is 0 Å². The fourth-order valence-electron chi connectivity index (χ4n) is 2.14. The maximum atomic E-state index is 12.0. The minimum Gasteiger partial charge on any atom is -0.508 e. The summed E-state index contributed by atoms with van der Waals surface area (Å²) in [7, 11) is 0. The summed E-state index contributed by atoms with van der Waals surface area (Å²) >= 11 is 0. The van der Waals surface area contributed by atoms with Gasteiger partial charge in [0.25, 0.3) is 0 Å². The van der Waals surface area contributed by atoms with Crippen molar-refractivity contribution in [3.05, 3.63) is 66.7 Å². The summed E-state index contributed by atoms with van der Waals surface area (Å²) in [6, 6.07) is 13.9. The first-order valence-electron chi connectivity index (χ1n) is 7.96. The SMILES string of the molecule is C=CC(=O)OCCCCOC(=O)c1ccc(-c2ccc(O)cc2)cc1. The van der Waals surface area contributed by atoms with Gasteiger partial charge in [-0.05, 0) is 48.2 Å². The quantitative estimate of drug-likeness (QED) is 0.450. The Morgan fingerprint density at radius 3 is 1.96 bits per heavy atom. The van der Waals surface area contributed by atoms with Crippen LogP contribution in [0.1, 0.15) is 23.2 Å². The van der Waals surface area contributed by atoms with Gasteiger partial charge in [-0.2, -0.15) is 0 Å². The number of carbonyl (C=O) groups excluding carboxylic acids is 2. The predicted octanol–water partition coefficient (Wildman–Crippen LogP) is 3.73. The Hall–Kier alpha value is -3.08. The molecule has 2 aromatic carbocycles. The van der Waals surface area contributed by atoms with Crippen LogP contribution in [0.15, 0.2) is 61.2 Å². The molecule has 5 nitrogen and oxygen atoms in total. The summed E-state index contributed by atoms with van der Waals surface area (Å²) in [6.07, 6.45) is 2.34. The van der Waals surface area contributed by atoms with E-state index < -0.39 is 5.97 Å². The molecule has 0 aliphatic rings. The number of ether oxygens (including phenoxy) is 2. The van der Waals surface area contributed by atoms with Gasteiger partial charge >= 0.3 is 11.9 Å². The molecule has 130 valence electrons. The number of hydrogen-bond acceptors (Lipinski definition) is 5. The third-order valence-corrected chi connectivity index (χ3v) is 3.50. The number of phenolic OH excluding ortho intramolecular Hbond substituents is 1. The highest BCUT2D eigenvalue weighted by atomic mass is 16.5. The largest absolute Gasteiger partial charge is 0.508 e. The van der Waals surface area contributed by atoms with Gasteiger partial charge in [-0.1, -0.05) is 30.8 Å². The molecule has 2 rings (SSSR count). The minimum absolute atomic E-state index is 0.211. The number of aromatic hydroxyl groups is 1. The molecule has 0 heterocycles. The van der Waals surface area contributed by atoms with Crippen LogP contribution >= 0.6 is 0 Å². The Morgan fingerprint density at radius 1 is 0.880 bits per heavy atom. The molecule has 0 unspecified atom stereocenters. The number of esters is 2. The lowest BCUT2D eigenvalue weighted by molar-refractivity contribution is -0.137. The Labute approximate surface area is 146 Å². The van der Waals surface area contributed by atoms with Gasteiger partial charge in [0.1, 0.15) is 5.75 Å². The van der Waals surface area contributed by atoms with Crippen LogP contribution in [0, 0.1) is 0 Å². The number of hydrogen-bond donors (Lipinski definition) is 1. The zero-order valence-electron chi connectivity index (χ0n) is 13.8. The van der Waals surface area contributed by atoms with E-state index in [1.807, 2.05) is 24.3 Å². The molecule has 0 aromatic heterocycles. The Kier molecular flexibility index (Phi) is 6.77. The fourth-order valence-corrected chi connectivity index (χ4v) is 2.14. The number of carbonyl (C=O) groups is 2. The van der Waals surface area contributed by atoms with Crippen LogP contribution in [0.25, 0.3) is 11.1 Å². The third-order valence-electron chi connectivity index (χ3n) is 3.50. The van der Waals surface area contributed by atoms with E-state index in [0.29, 0.717) is 18.4 Å². The first-order valence-corrected chi connectivity index (χ1v) is 7.96. The number of benzene rings is 2. The van der Waals surface area contributed by atoms with Gasteiger partial charge in [-0.15, -0.1) is 0 Å². The monoisotopic (exact) mass is 340 g/mol. The summed E-state index contributed by atoms with van der Waals surface area (Å²) in [6.45, 7) is 3.86. The molecule has 0 radical (unpaired) electrons. The van der Waals surface area contributed by atoms with E-state index in [9.17, 15) is 14.7 Å². The molecule has 0 bridgehead atoms. The van der Waals surface area contributed by atoms with Crippen molar-refractivity contribution in [2.75, 3.05) is 13.2 Å². The number of unbranched alkanes of at least 4 members (excludes halogenated alkanes) is 1. The summed E-state index contributed by atoms with van der Waals surface area (Å²) in [5.41, 5.74) is 2.37. The molecule has 0 saturated carbocycles. The second kappa shape index (κ2) is 9.27. The second-order valence-electron chi connectivity index (χ2n) is 5.34. The van der Waals surface area contributed by atoms with Crippen LogP contribution in [0.5, 0.6) is 5.75 Å². The zero-order chi connectivity index (χ0) is 18.1. The molecule has 0 fully saturated rings. The van der Waals surface area contributed by atoms with Crippen molar-refractivity contribution >= 4 is 11.9 Å². The van der Waals surface area contributed by atoms with Crippen molar-refractivity contribution in [3.63, 3.8) is 0 Å². The zero-order valence-corrected chi connectivity index (χ0v) is 13.8. The Balaban J connectivity index is 1.77. The maximum absolute atomic E-state index is 12.0. The number of rotatable bonds is 8. The highest BCUT2D eigenvalue weighted by Gasteiger charge is 2.07. The summed E-state index contributed by atoms with van der Waals surface area (Å²) < 4.78 is 10.0. The highest BCUT2D eigenvalue weighted by Crippen LogP contribution is 2.22. The van der Waals surface area contributed by atoms with Crippen LogP contribution in [0.2, 0.25) is 0 Å². The van der Waals surface area contributed by atoms with Gasteiger partial charge in [0.05, 0.1) is 18.8 Å². The molecule has 0 aliphatic carbocycles. The maximum Gasteiger partial charge on any atom is 0.338 e. The summed E-state index contributed by atoms with van der Waals surface area (Å²) in [5.74, 6) is -0.630. The van der Waals surface area contributed by atoms with Crippen LogP contribution < -0.4 is 0 Å². The fraction of sp³-hybridized carbons (Fsp3) is 0.200. The van der Waals surface area contributed by atoms with Gasteiger partial charge in [0, 0.05) is 6.08 Å². The average molecular weight is 340 g/mol. The van der Waals surface area contributed by atoms with Crippen molar-refractivity contribution in [3.8, 4) is 16.9 Å². The van der Waals surface area contributed by atoms with Gasteiger partial charge in [0.2, 0.25) is 0 Å². The third kappa shape index (κ3) is 5.80. The van der Waals surface area contributed by atoms with Crippen LogP contribution in [0.3, 0.4) is 0 Å². The molecule has 0 spiro atoms. The van der Waals surface area contributed by atoms with Crippen molar-refractivity contribution in [1.82, 2.24) is 0 Å². The van der Waals surface area contributed by atoms with E-state index >= 15 is 0 Å². The average Bonchev–Trinajstić information content (AvgIpc) is 2.65. The normalized spacial score (nSPS) is 10.1.